The Morgan fingerprint density at radius 2 is 1.62 bits per heavy atom. The van der Waals surface area contributed by atoms with Crippen molar-refractivity contribution in [1.82, 2.24) is 9.55 Å². The second-order valence-electron chi connectivity index (χ2n) is 4.93. The van der Waals surface area contributed by atoms with Gasteiger partial charge in [0.05, 0.1) is 0 Å². The smallest absolute Gasteiger partial charge is 0.190 e. The predicted molar refractivity (Wildman–Crippen MR) is 82.3 cm³/mol. The van der Waals surface area contributed by atoms with E-state index in [0.717, 1.165) is 11.4 Å². The Labute approximate surface area is 123 Å². The third kappa shape index (κ3) is 2.63. The van der Waals surface area contributed by atoms with Gasteiger partial charge in [-0.3, -0.25) is 4.79 Å². The first-order valence-electron chi connectivity index (χ1n) is 6.91. The fourth-order valence-electron chi connectivity index (χ4n) is 2.49. The Morgan fingerprint density at radius 1 is 1.00 bits per heavy atom. The summed E-state index contributed by atoms with van der Waals surface area (Å²) in [6, 6.07) is 18.8. The van der Waals surface area contributed by atoms with Gasteiger partial charge < -0.3 is 4.57 Å². The van der Waals surface area contributed by atoms with Gasteiger partial charge in [-0.1, -0.05) is 60.7 Å². The lowest BCUT2D eigenvalue weighted by Crippen LogP contribution is -2.21. The molecule has 0 saturated heterocycles. The van der Waals surface area contributed by atoms with Crippen molar-refractivity contribution in [1.29, 1.82) is 0 Å². The second-order valence-corrected chi connectivity index (χ2v) is 4.93. The molecule has 1 aromatic heterocycles. The van der Waals surface area contributed by atoms with Crippen LogP contribution in [0.15, 0.2) is 73.1 Å². The number of aromatic nitrogens is 2. The first kappa shape index (κ1) is 13.3. The molecular formula is C18H16N2O. The van der Waals surface area contributed by atoms with Crippen LogP contribution < -0.4 is 0 Å². The predicted octanol–water partition coefficient (Wildman–Crippen LogP) is 3.66. The molecule has 0 aliphatic carbocycles. The maximum absolute atomic E-state index is 12.9. The lowest BCUT2D eigenvalue weighted by atomic mass is 9.97. The number of rotatable bonds is 4. The number of hydrogen-bond donors (Lipinski definition) is 0. The summed E-state index contributed by atoms with van der Waals surface area (Å²) in [5.41, 5.74) is 1.67. The molecule has 0 spiro atoms. The van der Waals surface area contributed by atoms with E-state index in [-0.39, 0.29) is 11.8 Å². The van der Waals surface area contributed by atoms with E-state index in [0.29, 0.717) is 5.56 Å². The summed E-state index contributed by atoms with van der Waals surface area (Å²) >= 11 is 0. The number of Topliss-reactive ketones (excluding diaryl/α,β-unsaturated/α-hetero) is 1. The van der Waals surface area contributed by atoms with Crippen LogP contribution in [-0.4, -0.2) is 15.3 Å². The highest BCUT2D eigenvalue weighted by atomic mass is 16.1. The third-order valence-corrected chi connectivity index (χ3v) is 3.56. The summed E-state index contributed by atoms with van der Waals surface area (Å²) in [6.45, 7) is 1.91. The summed E-state index contributed by atoms with van der Waals surface area (Å²) < 4.78 is 1.92. The van der Waals surface area contributed by atoms with Crippen molar-refractivity contribution in [2.45, 2.75) is 13.0 Å². The maximum atomic E-state index is 12.9. The number of hydrogen-bond acceptors (Lipinski definition) is 2. The fraction of sp³-hybridized carbons (Fsp3) is 0.111. The minimum absolute atomic E-state index is 0.0721. The van der Waals surface area contributed by atoms with Crippen LogP contribution in [-0.2, 0) is 0 Å². The summed E-state index contributed by atoms with van der Waals surface area (Å²) in [6.07, 6.45) is 3.58. The Bertz CT molecular complexity index is 732. The van der Waals surface area contributed by atoms with Crippen molar-refractivity contribution in [2.75, 3.05) is 0 Å². The Morgan fingerprint density at radius 3 is 2.19 bits per heavy atom. The van der Waals surface area contributed by atoms with Crippen LogP contribution in [0.1, 0.15) is 27.8 Å². The topological polar surface area (TPSA) is 34.9 Å². The van der Waals surface area contributed by atoms with E-state index in [9.17, 15) is 4.79 Å². The molecule has 3 aromatic rings. The molecule has 0 amide bonds. The fourth-order valence-corrected chi connectivity index (χ4v) is 2.49. The number of carbonyl (C=O) groups excluding carboxylic acids is 1. The van der Waals surface area contributed by atoms with E-state index in [2.05, 4.69) is 4.98 Å². The van der Waals surface area contributed by atoms with Gasteiger partial charge >= 0.3 is 0 Å². The standard InChI is InChI=1S/C18H16N2O/c1-14-19-12-13-20(14)17(15-8-4-2-5-9-15)18(21)16-10-6-3-7-11-16/h2-13,17H,1H3. The molecule has 1 heterocycles. The summed E-state index contributed by atoms with van der Waals surface area (Å²) in [4.78, 5) is 17.2. The molecule has 1 atom stereocenters. The quantitative estimate of drug-likeness (QED) is 0.681. The third-order valence-electron chi connectivity index (χ3n) is 3.56. The zero-order valence-corrected chi connectivity index (χ0v) is 11.8. The normalized spacial score (nSPS) is 12.0. The van der Waals surface area contributed by atoms with Crippen molar-refractivity contribution < 1.29 is 4.79 Å². The first-order chi connectivity index (χ1) is 10.3. The van der Waals surface area contributed by atoms with Crippen molar-refractivity contribution in [3.05, 3.63) is 90.0 Å². The van der Waals surface area contributed by atoms with Crippen molar-refractivity contribution >= 4 is 5.78 Å². The number of aryl methyl sites for hydroxylation is 1. The monoisotopic (exact) mass is 276 g/mol. The van der Waals surface area contributed by atoms with E-state index < -0.39 is 0 Å². The van der Waals surface area contributed by atoms with Gasteiger partial charge in [0, 0.05) is 18.0 Å². The maximum Gasteiger partial charge on any atom is 0.190 e. The number of carbonyl (C=O) groups is 1. The van der Waals surface area contributed by atoms with Crippen LogP contribution in [0, 0.1) is 6.92 Å². The minimum Gasteiger partial charge on any atom is -0.320 e. The lowest BCUT2D eigenvalue weighted by Gasteiger charge is -2.19. The summed E-state index contributed by atoms with van der Waals surface area (Å²) in [5.74, 6) is 0.899. The molecule has 2 aromatic carbocycles. The molecule has 0 N–H and O–H groups in total. The van der Waals surface area contributed by atoms with Crippen LogP contribution >= 0.6 is 0 Å². The van der Waals surface area contributed by atoms with Crippen molar-refractivity contribution in [3.63, 3.8) is 0 Å². The molecule has 21 heavy (non-hydrogen) atoms. The Balaban J connectivity index is 2.10. The van der Waals surface area contributed by atoms with Gasteiger partial charge in [0.15, 0.2) is 5.78 Å². The number of ketones is 1. The zero-order valence-electron chi connectivity index (χ0n) is 11.8. The van der Waals surface area contributed by atoms with Crippen LogP contribution in [0.2, 0.25) is 0 Å². The van der Waals surface area contributed by atoms with E-state index in [4.69, 9.17) is 0 Å². The van der Waals surface area contributed by atoms with Gasteiger partial charge in [-0.05, 0) is 12.5 Å². The van der Waals surface area contributed by atoms with Gasteiger partial charge in [-0.2, -0.15) is 0 Å². The highest BCUT2D eigenvalue weighted by Crippen LogP contribution is 2.24. The highest BCUT2D eigenvalue weighted by molar-refractivity contribution is 6.00. The number of nitrogens with zero attached hydrogens (tertiary/aromatic N) is 2. The summed E-state index contributed by atoms with van der Waals surface area (Å²) in [7, 11) is 0. The van der Waals surface area contributed by atoms with Crippen LogP contribution in [0.5, 0.6) is 0 Å². The molecule has 0 bridgehead atoms. The largest absolute Gasteiger partial charge is 0.320 e. The van der Waals surface area contributed by atoms with E-state index >= 15 is 0 Å². The van der Waals surface area contributed by atoms with Crippen LogP contribution in [0.3, 0.4) is 0 Å². The SMILES string of the molecule is Cc1nccn1C(C(=O)c1ccccc1)c1ccccc1. The average molecular weight is 276 g/mol. The van der Waals surface area contributed by atoms with Gasteiger partial charge in [0.1, 0.15) is 11.9 Å². The van der Waals surface area contributed by atoms with Gasteiger partial charge in [0.25, 0.3) is 0 Å². The molecule has 0 fully saturated rings. The average Bonchev–Trinajstić information content (AvgIpc) is 2.95. The Kier molecular flexibility index (Phi) is 3.65. The van der Waals surface area contributed by atoms with Crippen molar-refractivity contribution in [2.24, 2.45) is 0 Å². The number of imidazole rings is 1. The second kappa shape index (κ2) is 5.75. The molecule has 0 aliphatic heterocycles. The zero-order chi connectivity index (χ0) is 14.7. The van der Waals surface area contributed by atoms with Gasteiger partial charge in [-0.15, -0.1) is 0 Å². The molecule has 0 radical (unpaired) electrons. The first-order valence-corrected chi connectivity index (χ1v) is 6.91. The minimum atomic E-state index is -0.379. The van der Waals surface area contributed by atoms with Crippen LogP contribution in [0.25, 0.3) is 0 Å². The van der Waals surface area contributed by atoms with E-state index in [1.165, 1.54) is 0 Å². The molecule has 3 heteroatoms. The molecule has 104 valence electrons. The van der Waals surface area contributed by atoms with Crippen LogP contribution in [0.4, 0.5) is 0 Å². The molecular weight excluding hydrogens is 260 g/mol. The molecule has 0 saturated carbocycles. The van der Waals surface area contributed by atoms with E-state index in [1.807, 2.05) is 78.4 Å². The van der Waals surface area contributed by atoms with Gasteiger partial charge in [-0.25, -0.2) is 4.98 Å². The molecule has 0 aliphatic rings. The lowest BCUT2D eigenvalue weighted by molar-refractivity contribution is 0.0944. The molecule has 3 rings (SSSR count). The number of benzene rings is 2. The van der Waals surface area contributed by atoms with Crippen molar-refractivity contribution in [3.8, 4) is 0 Å². The highest BCUT2D eigenvalue weighted by Gasteiger charge is 2.24. The van der Waals surface area contributed by atoms with E-state index in [1.54, 1.807) is 6.20 Å². The molecule has 1 unspecified atom stereocenters. The molecule has 3 nitrogen and oxygen atoms in total. The Hall–Kier alpha value is -2.68. The van der Waals surface area contributed by atoms with Gasteiger partial charge in [0.2, 0.25) is 0 Å². The summed E-state index contributed by atoms with van der Waals surface area (Å²) in [5, 5.41) is 0.